The molecule has 1 N–H and O–H groups in total. The van der Waals surface area contributed by atoms with E-state index in [2.05, 4.69) is 5.32 Å². The second kappa shape index (κ2) is 13.6. The molecule has 1 aromatic carbocycles. The Labute approximate surface area is 216 Å². The molecule has 0 heterocycles. The third kappa shape index (κ3) is 7.73. The van der Waals surface area contributed by atoms with Gasteiger partial charge in [0.05, 0.1) is 5.97 Å². The summed E-state index contributed by atoms with van der Waals surface area (Å²) in [7, 11) is 0. The van der Waals surface area contributed by atoms with Crippen LogP contribution in [0.3, 0.4) is 0 Å². The van der Waals surface area contributed by atoms with Crippen LogP contribution >= 0.6 is 11.6 Å². The summed E-state index contributed by atoms with van der Waals surface area (Å²) >= 11 is 5.80. The van der Waals surface area contributed by atoms with Crippen molar-refractivity contribution in [3.8, 4) is 0 Å². The average Bonchev–Trinajstić information content (AvgIpc) is 2.76. The van der Waals surface area contributed by atoms with Gasteiger partial charge in [-0.2, -0.15) is 0 Å². The zero-order chi connectivity index (χ0) is 22.2. The zero-order valence-electron chi connectivity index (χ0n) is 18.7. The maximum absolute atomic E-state index is 13.0. The number of nitrogens with zero attached hydrogens (tertiary/aromatic N) is 1. The molecular weight excluding hydrogens is 443 g/mol. The third-order valence-electron chi connectivity index (χ3n) is 6.16. The number of carbonyl (C=O) groups excluding carboxylic acids is 3. The first-order valence-corrected chi connectivity index (χ1v) is 11.5. The molecule has 2 aliphatic rings. The summed E-state index contributed by atoms with van der Waals surface area (Å²) in [5.41, 5.74) is -0.131. The number of rotatable bonds is 8. The van der Waals surface area contributed by atoms with Gasteiger partial charge in [-0.15, -0.1) is 0 Å². The van der Waals surface area contributed by atoms with Gasteiger partial charge >= 0.3 is 29.6 Å². The van der Waals surface area contributed by atoms with E-state index in [1.54, 1.807) is 0 Å². The summed E-state index contributed by atoms with van der Waals surface area (Å²) in [6.07, 6.45) is 11.2. The summed E-state index contributed by atoms with van der Waals surface area (Å²) in [5.74, 6) is -2.04. The average molecular weight is 473 g/mol. The Hall–Kier alpha value is -1.12. The molecule has 9 heteroatoms. The van der Waals surface area contributed by atoms with Gasteiger partial charge in [0.2, 0.25) is 11.8 Å². The predicted octanol–water partition coefficient (Wildman–Crippen LogP) is 0.157. The number of ether oxygens (including phenoxy) is 1. The van der Waals surface area contributed by atoms with Crippen molar-refractivity contribution in [2.75, 3.05) is 18.5 Å². The van der Waals surface area contributed by atoms with Crippen LogP contribution in [0.1, 0.15) is 74.6 Å². The maximum atomic E-state index is 13.0. The largest absolute Gasteiger partial charge is 1.00 e. The molecule has 7 nitrogen and oxygen atoms in total. The van der Waals surface area contributed by atoms with Crippen LogP contribution in [0.2, 0.25) is 5.02 Å². The number of carbonyl (C=O) groups is 3. The molecule has 0 aromatic heterocycles. The van der Waals surface area contributed by atoms with E-state index in [0.29, 0.717) is 0 Å². The molecule has 0 atom stereocenters. The van der Waals surface area contributed by atoms with Crippen LogP contribution in [0.5, 0.6) is 0 Å². The maximum Gasteiger partial charge on any atom is 1.00 e. The fourth-order valence-corrected chi connectivity index (χ4v) is 4.88. The van der Waals surface area contributed by atoms with Gasteiger partial charge in [-0.1, -0.05) is 50.1 Å². The van der Waals surface area contributed by atoms with E-state index < -0.39 is 11.9 Å². The molecule has 2 saturated carbocycles. The number of hydrogen-bond acceptors (Lipinski definition) is 5. The van der Waals surface area contributed by atoms with E-state index >= 15 is 0 Å². The van der Waals surface area contributed by atoms with Gasteiger partial charge in [-0.05, 0) is 43.9 Å². The standard InChI is InChI=1S/C23H31ClN2O5.Na/c24-16-11-12-20(19(13-16)23(29)30)25-21(27)14-31-15-22(28)26(17-7-3-1-4-8-17)18-9-5-2-6-10-18;/h11-13,17-18H,1-10,14-15H2,(H,25,27)(H,29,30);/q;+1/p-1. The second-order valence-electron chi connectivity index (χ2n) is 8.40. The van der Waals surface area contributed by atoms with Gasteiger partial charge in [0, 0.05) is 28.4 Å². The molecule has 2 aliphatic carbocycles. The number of aromatic carboxylic acids is 1. The molecule has 32 heavy (non-hydrogen) atoms. The first kappa shape index (κ1) is 27.1. The van der Waals surface area contributed by atoms with Crippen molar-refractivity contribution < 1.29 is 53.8 Å². The smallest absolute Gasteiger partial charge is 0.545 e. The van der Waals surface area contributed by atoms with E-state index in [9.17, 15) is 19.5 Å². The molecule has 1 aromatic rings. The second-order valence-corrected chi connectivity index (χ2v) is 8.84. The molecule has 0 radical (unpaired) electrons. The van der Waals surface area contributed by atoms with Crippen LogP contribution in [-0.2, 0) is 14.3 Å². The molecule has 170 valence electrons. The van der Waals surface area contributed by atoms with E-state index in [-0.39, 0.29) is 77.0 Å². The molecule has 2 fully saturated rings. The van der Waals surface area contributed by atoms with Gasteiger partial charge in [-0.3, -0.25) is 9.59 Å². The van der Waals surface area contributed by atoms with Crippen LogP contribution < -0.4 is 40.0 Å². The van der Waals surface area contributed by atoms with Crippen molar-refractivity contribution in [2.24, 2.45) is 0 Å². The SMILES string of the molecule is O=C(COCC(=O)N(C1CCCCC1)C1CCCCC1)Nc1ccc(Cl)cc1C(=O)[O-].[Na+]. The Bertz CT molecular complexity index is 777. The number of anilines is 1. The molecule has 3 rings (SSSR count). The molecule has 0 saturated heterocycles. The van der Waals surface area contributed by atoms with E-state index in [1.807, 2.05) is 4.90 Å². The number of halogens is 1. The molecule has 0 unspecified atom stereocenters. The zero-order valence-corrected chi connectivity index (χ0v) is 21.5. The van der Waals surface area contributed by atoms with Crippen molar-refractivity contribution in [2.45, 2.75) is 76.3 Å². The third-order valence-corrected chi connectivity index (χ3v) is 6.39. The molecule has 0 bridgehead atoms. The Morgan fingerprint density at radius 2 is 1.53 bits per heavy atom. The summed E-state index contributed by atoms with van der Waals surface area (Å²) in [5, 5.41) is 13.9. The summed E-state index contributed by atoms with van der Waals surface area (Å²) < 4.78 is 5.42. The van der Waals surface area contributed by atoms with Crippen LogP contribution in [0, 0.1) is 0 Å². The predicted molar refractivity (Wildman–Crippen MR) is 116 cm³/mol. The minimum atomic E-state index is -1.44. The quantitative estimate of drug-likeness (QED) is 0.543. The van der Waals surface area contributed by atoms with Crippen molar-refractivity contribution >= 4 is 35.1 Å². The Morgan fingerprint density at radius 3 is 2.06 bits per heavy atom. The van der Waals surface area contributed by atoms with Crippen molar-refractivity contribution in [3.05, 3.63) is 28.8 Å². The minimum Gasteiger partial charge on any atom is -0.545 e. The van der Waals surface area contributed by atoms with Gasteiger partial charge < -0.3 is 24.9 Å². The number of benzene rings is 1. The van der Waals surface area contributed by atoms with E-state index in [0.717, 1.165) is 51.4 Å². The number of carboxylic acids is 1. The number of nitrogens with one attached hydrogen (secondary N) is 1. The summed E-state index contributed by atoms with van der Waals surface area (Å²) in [6, 6.07) is 4.61. The summed E-state index contributed by atoms with van der Waals surface area (Å²) in [6.45, 7) is -0.502. The topological polar surface area (TPSA) is 98.8 Å². The van der Waals surface area contributed by atoms with Crippen LogP contribution in [-0.4, -0.2) is 48.0 Å². The van der Waals surface area contributed by atoms with Crippen molar-refractivity contribution in [3.63, 3.8) is 0 Å². The first-order valence-electron chi connectivity index (χ1n) is 11.2. The van der Waals surface area contributed by atoms with Gasteiger partial charge in [0.25, 0.3) is 0 Å². The number of amides is 2. The summed E-state index contributed by atoms with van der Waals surface area (Å²) in [4.78, 5) is 38.5. The van der Waals surface area contributed by atoms with Crippen molar-refractivity contribution in [1.82, 2.24) is 4.90 Å². The Kier molecular flexibility index (Phi) is 11.5. The Balaban J connectivity index is 0.00000363. The Morgan fingerprint density at radius 1 is 0.969 bits per heavy atom. The normalized spacial score (nSPS) is 17.3. The van der Waals surface area contributed by atoms with E-state index in [4.69, 9.17) is 16.3 Å². The number of carboxylic acid groups (broad SMARTS) is 1. The van der Waals surface area contributed by atoms with Crippen LogP contribution in [0.4, 0.5) is 5.69 Å². The first-order chi connectivity index (χ1) is 15.0. The fourth-order valence-electron chi connectivity index (χ4n) is 4.71. The van der Waals surface area contributed by atoms with Gasteiger partial charge in [0.15, 0.2) is 0 Å². The van der Waals surface area contributed by atoms with Gasteiger partial charge in [0.1, 0.15) is 13.2 Å². The van der Waals surface area contributed by atoms with Crippen molar-refractivity contribution in [1.29, 1.82) is 0 Å². The molecule has 0 aliphatic heterocycles. The van der Waals surface area contributed by atoms with E-state index in [1.165, 1.54) is 31.0 Å². The fraction of sp³-hybridized carbons (Fsp3) is 0.609. The molecule has 0 spiro atoms. The van der Waals surface area contributed by atoms with Crippen LogP contribution in [0.25, 0.3) is 0 Å². The molecular formula is C23H30ClN2NaO5. The monoisotopic (exact) mass is 472 g/mol. The number of hydrogen-bond donors (Lipinski definition) is 1. The van der Waals surface area contributed by atoms with Crippen LogP contribution in [0.15, 0.2) is 18.2 Å². The molecule has 2 amide bonds. The van der Waals surface area contributed by atoms with Gasteiger partial charge in [-0.25, -0.2) is 0 Å². The minimum absolute atomic E-state index is 0.